The van der Waals surface area contributed by atoms with Gasteiger partial charge in [0.2, 0.25) is 0 Å². The molecule has 0 saturated carbocycles. The standard InChI is InChI=1S/C22H24N2O4/c1-14-9-15(2)11-16(10-14)13-24-20(25)22(3,23-21(24)26)17-5-6-18-19(12-17)28-8-4-7-27-18/h5-6,9-12H,4,7-8,13H2,1-3H3,(H,23,26). The maximum absolute atomic E-state index is 13.2. The smallest absolute Gasteiger partial charge is 0.325 e. The van der Waals surface area contributed by atoms with E-state index in [0.717, 1.165) is 23.1 Å². The van der Waals surface area contributed by atoms with E-state index in [1.54, 1.807) is 19.1 Å². The largest absolute Gasteiger partial charge is 0.490 e. The number of imide groups is 1. The number of benzene rings is 2. The van der Waals surface area contributed by atoms with Crippen molar-refractivity contribution in [3.05, 3.63) is 58.7 Å². The van der Waals surface area contributed by atoms with Gasteiger partial charge in [0.1, 0.15) is 5.54 Å². The van der Waals surface area contributed by atoms with Crippen LogP contribution in [-0.2, 0) is 16.9 Å². The fraction of sp³-hybridized carbons (Fsp3) is 0.364. The zero-order valence-electron chi connectivity index (χ0n) is 16.4. The minimum atomic E-state index is -1.14. The Labute approximate surface area is 164 Å². The van der Waals surface area contributed by atoms with Crippen molar-refractivity contribution in [1.29, 1.82) is 0 Å². The molecule has 0 spiro atoms. The summed E-state index contributed by atoms with van der Waals surface area (Å²) < 4.78 is 11.4. The van der Waals surface area contributed by atoms with Crippen LogP contribution in [0.4, 0.5) is 4.79 Å². The molecule has 1 N–H and O–H groups in total. The molecule has 0 aromatic heterocycles. The zero-order valence-corrected chi connectivity index (χ0v) is 16.4. The fourth-order valence-corrected chi connectivity index (χ4v) is 3.85. The Balaban J connectivity index is 1.63. The zero-order chi connectivity index (χ0) is 19.9. The average molecular weight is 380 g/mol. The molecule has 2 aliphatic heterocycles. The van der Waals surface area contributed by atoms with Crippen LogP contribution in [0.3, 0.4) is 0 Å². The molecule has 2 heterocycles. The first-order chi connectivity index (χ1) is 13.4. The van der Waals surface area contributed by atoms with E-state index < -0.39 is 11.6 Å². The van der Waals surface area contributed by atoms with E-state index in [9.17, 15) is 9.59 Å². The van der Waals surface area contributed by atoms with Gasteiger partial charge in [0.15, 0.2) is 11.5 Å². The Hall–Kier alpha value is -3.02. The first kappa shape index (κ1) is 18.3. The van der Waals surface area contributed by atoms with E-state index >= 15 is 0 Å². The highest BCUT2D eigenvalue weighted by Gasteiger charge is 2.49. The summed E-state index contributed by atoms with van der Waals surface area (Å²) in [5.74, 6) is 0.992. The molecule has 0 aliphatic carbocycles. The van der Waals surface area contributed by atoms with Gasteiger partial charge in [0, 0.05) is 6.42 Å². The number of urea groups is 1. The number of amides is 3. The summed E-state index contributed by atoms with van der Waals surface area (Å²) in [6, 6.07) is 11.1. The Morgan fingerprint density at radius 2 is 1.68 bits per heavy atom. The molecular weight excluding hydrogens is 356 g/mol. The molecule has 3 amide bonds. The van der Waals surface area contributed by atoms with E-state index in [1.807, 2.05) is 32.0 Å². The van der Waals surface area contributed by atoms with E-state index in [-0.39, 0.29) is 12.5 Å². The number of hydrogen-bond acceptors (Lipinski definition) is 4. The minimum Gasteiger partial charge on any atom is -0.490 e. The summed E-state index contributed by atoms with van der Waals surface area (Å²) in [5, 5.41) is 2.86. The first-order valence-electron chi connectivity index (χ1n) is 9.48. The van der Waals surface area contributed by atoms with Crippen molar-refractivity contribution >= 4 is 11.9 Å². The van der Waals surface area contributed by atoms with Crippen molar-refractivity contribution in [2.45, 2.75) is 39.3 Å². The molecule has 0 bridgehead atoms. The van der Waals surface area contributed by atoms with Crippen LogP contribution in [0.1, 0.15) is 35.6 Å². The number of nitrogens with one attached hydrogen (secondary N) is 1. The third kappa shape index (κ3) is 3.19. The van der Waals surface area contributed by atoms with Crippen LogP contribution in [0.5, 0.6) is 11.5 Å². The van der Waals surface area contributed by atoms with Crippen molar-refractivity contribution in [3.63, 3.8) is 0 Å². The van der Waals surface area contributed by atoms with Crippen molar-refractivity contribution in [1.82, 2.24) is 10.2 Å². The van der Waals surface area contributed by atoms with Gasteiger partial charge in [0.05, 0.1) is 19.8 Å². The van der Waals surface area contributed by atoms with Gasteiger partial charge < -0.3 is 14.8 Å². The summed E-state index contributed by atoms with van der Waals surface area (Å²) in [6.45, 7) is 7.14. The predicted molar refractivity (Wildman–Crippen MR) is 104 cm³/mol. The van der Waals surface area contributed by atoms with E-state index in [1.165, 1.54) is 4.90 Å². The van der Waals surface area contributed by atoms with Crippen LogP contribution in [0, 0.1) is 13.8 Å². The van der Waals surface area contributed by atoms with E-state index in [0.29, 0.717) is 30.3 Å². The van der Waals surface area contributed by atoms with Crippen molar-refractivity contribution in [3.8, 4) is 11.5 Å². The molecule has 1 saturated heterocycles. The number of carbonyl (C=O) groups excluding carboxylic acids is 2. The van der Waals surface area contributed by atoms with Gasteiger partial charge in [-0.15, -0.1) is 0 Å². The van der Waals surface area contributed by atoms with Gasteiger partial charge in [-0.25, -0.2) is 4.79 Å². The van der Waals surface area contributed by atoms with Crippen LogP contribution in [0.25, 0.3) is 0 Å². The monoisotopic (exact) mass is 380 g/mol. The number of aryl methyl sites for hydroxylation is 2. The lowest BCUT2D eigenvalue weighted by Crippen LogP contribution is -2.40. The fourth-order valence-electron chi connectivity index (χ4n) is 3.85. The maximum atomic E-state index is 13.2. The molecule has 6 heteroatoms. The normalized spacial score (nSPS) is 21.5. The Bertz CT molecular complexity index is 935. The molecule has 0 radical (unpaired) electrons. The van der Waals surface area contributed by atoms with Gasteiger partial charge >= 0.3 is 6.03 Å². The molecule has 2 aromatic carbocycles. The van der Waals surface area contributed by atoms with Crippen LogP contribution in [0.2, 0.25) is 0 Å². The highest BCUT2D eigenvalue weighted by Crippen LogP contribution is 2.37. The third-order valence-corrected chi connectivity index (χ3v) is 5.22. The molecule has 146 valence electrons. The quantitative estimate of drug-likeness (QED) is 0.829. The molecule has 6 nitrogen and oxygen atoms in total. The summed E-state index contributed by atoms with van der Waals surface area (Å²) in [6.07, 6.45) is 0.806. The van der Waals surface area contributed by atoms with Gasteiger partial charge in [0.25, 0.3) is 5.91 Å². The lowest BCUT2D eigenvalue weighted by molar-refractivity contribution is -0.131. The average Bonchev–Trinajstić information content (AvgIpc) is 2.82. The van der Waals surface area contributed by atoms with Gasteiger partial charge in [-0.3, -0.25) is 9.69 Å². The molecule has 2 aromatic rings. The second kappa shape index (κ2) is 6.86. The Morgan fingerprint density at radius 3 is 2.39 bits per heavy atom. The molecule has 28 heavy (non-hydrogen) atoms. The van der Waals surface area contributed by atoms with E-state index in [2.05, 4.69) is 11.4 Å². The highest BCUT2D eigenvalue weighted by molar-refractivity contribution is 6.07. The summed E-state index contributed by atoms with van der Waals surface area (Å²) in [5.41, 5.74) is 2.68. The summed E-state index contributed by atoms with van der Waals surface area (Å²) >= 11 is 0. The minimum absolute atomic E-state index is 0.243. The lowest BCUT2D eigenvalue weighted by atomic mass is 9.91. The number of nitrogens with zero attached hydrogens (tertiary/aromatic N) is 1. The van der Waals surface area contributed by atoms with Crippen molar-refractivity contribution in [2.75, 3.05) is 13.2 Å². The molecule has 1 atom stereocenters. The maximum Gasteiger partial charge on any atom is 0.325 e. The number of ether oxygens (including phenoxy) is 2. The first-order valence-corrected chi connectivity index (χ1v) is 9.48. The molecule has 1 fully saturated rings. The summed E-state index contributed by atoms with van der Waals surface area (Å²) in [7, 11) is 0. The van der Waals surface area contributed by atoms with Gasteiger partial charge in [-0.2, -0.15) is 0 Å². The van der Waals surface area contributed by atoms with Crippen LogP contribution in [-0.4, -0.2) is 30.1 Å². The highest BCUT2D eigenvalue weighted by atomic mass is 16.5. The topological polar surface area (TPSA) is 67.9 Å². The second-order valence-electron chi connectivity index (χ2n) is 7.65. The number of carbonyl (C=O) groups is 2. The molecule has 2 aliphatic rings. The molecule has 4 rings (SSSR count). The number of hydrogen-bond donors (Lipinski definition) is 1. The van der Waals surface area contributed by atoms with Crippen molar-refractivity contribution < 1.29 is 19.1 Å². The Morgan fingerprint density at radius 1 is 1.00 bits per heavy atom. The van der Waals surface area contributed by atoms with Crippen molar-refractivity contribution in [2.24, 2.45) is 0 Å². The summed E-state index contributed by atoms with van der Waals surface area (Å²) in [4.78, 5) is 27.1. The van der Waals surface area contributed by atoms with Crippen LogP contribution >= 0.6 is 0 Å². The van der Waals surface area contributed by atoms with E-state index in [4.69, 9.17) is 9.47 Å². The number of fused-ring (bicyclic) bond motifs is 1. The van der Waals surface area contributed by atoms with Gasteiger partial charge in [-0.05, 0) is 44.0 Å². The third-order valence-electron chi connectivity index (χ3n) is 5.22. The lowest BCUT2D eigenvalue weighted by Gasteiger charge is -2.23. The van der Waals surface area contributed by atoms with Crippen LogP contribution < -0.4 is 14.8 Å². The SMILES string of the molecule is Cc1cc(C)cc(CN2C(=O)NC(C)(c3ccc4c(c3)OCCCO4)C2=O)c1. The van der Waals surface area contributed by atoms with Crippen LogP contribution in [0.15, 0.2) is 36.4 Å². The number of rotatable bonds is 3. The second-order valence-corrected chi connectivity index (χ2v) is 7.65. The Kier molecular flexibility index (Phi) is 4.49. The predicted octanol–water partition coefficient (Wildman–Crippen LogP) is 3.43. The molecule has 1 unspecified atom stereocenters. The molecular formula is C22H24N2O4. The van der Waals surface area contributed by atoms with Gasteiger partial charge in [-0.1, -0.05) is 35.4 Å².